The zero-order valence-electron chi connectivity index (χ0n) is 10.3. The quantitative estimate of drug-likeness (QED) is 0.729. The minimum absolute atomic E-state index is 0.351. The first-order chi connectivity index (χ1) is 6.29. The van der Waals surface area contributed by atoms with Crippen molar-refractivity contribution in [3.8, 4) is 0 Å². The van der Waals surface area contributed by atoms with Gasteiger partial charge in [-0.05, 0) is 37.5 Å². The molecule has 1 aliphatic carbocycles. The molecule has 0 bridgehead atoms. The molecule has 0 amide bonds. The van der Waals surface area contributed by atoms with Crippen molar-refractivity contribution in [3.63, 3.8) is 0 Å². The van der Waals surface area contributed by atoms with Crippen molar-refractivity contribution in [2.45, 2.75) is 71.8 Å². The molecular formula is C13H26O. The first kappa shape index (κ1) is 12.0. The van der Waals surface area contributed by atoms with Gasteiger partial charge in [-0.1, -0.05) is 40.0 Å². The molecule has 1 saturated carbocycles. The minimum Gasteiger partial charge on any atom is -0.390 e. The molecule has 0 aromatic carbocycles. The van der Waals surface area contributed by atoms with Crippen molar-refractivity contribution in [1.82, 2.24) is 0 Å². The summed E-state index contributed by atoms with van der Waals surface area (Å²) < 4.78 is 0. The maximum atomic E-state index is 10.2. The molecule has 0 aromatic rings. The maximum absolute atomic E-state index is 10.2. The highest BCUT2D eigenvalue weighted by Gasteiger charge is 2.29. The minimum atomic E-state index is -0.418. The van der Waals surface area contributed by atoms with Crippen molar-refractivity contribution in [1.29, 1.82) is 0 Å². The average Bonchev–Trinajstić information content (AvgIpc) is 1.93. The van der Waals surface area contributed by atoms with Crippen LogP contribution in [0.5, 0.6) is 0 Å². The van der Waals surface area contributed by atoms with Gasteiger partial charge in [0.15, 0.2) is 0 Å². The Hall–Kier alpha value is -0.0400. The lowest BCUT2D eigenvalue weighted by Gasteiger charge is -2.35. The average molecular weight is 198 g/mol. The molecule has 1 atom stereocenters. The van der Waals surface area contributed by atoms with Crippen LogP contribution in [0.2, 0.25) is 0 Å². The Morgan fingerprint density at radius 1 is 1.07 bits per heavy atom. The normalized spacial score (nSPS) is 22.9. The van der Waals surface area contributed by atoms with Gasteiger partial charge in [-0.25, -0.2) is 0 Å². The van der Waals surface area contributed by atoms with Crippen LogP contribution in [0.4, 0.5) is 0 Å². The van der Waals surface area contributed by atoms with E-state index in [4.69, 9.17) is 0 Å². The highest BCUT2D eigenvalue weighted by atomic mass is 16.3. The van der Waals surface area contributed by atoms with Crippen molar-refractivity contribution in [2.75, 3.05) is 0 Å². The predicted molar refractivity (Wildman–Crippen MR) is 61.3 cm³/mol. The Morgan fingerprint density at radius 2 is 1.64 bits per heavy atom. The van der Waals surface area contributed by atoms with Gasteiger partial charge in [0, 0.05) is 0 Å². The molecule has 0 heterocycles. The summed E-state index contributed by atoms with van der Waals surface area (Å²) in [5.74, 6) is 0.810. The molecule has 84 valence electrons. The fourth-order valence-corrected chi connectivity index (χ4v) is 2.07. The zero-order chi connectivity index (χ0) is 10.8. The van der Waals surface area contributed by atoms with Gasteiger partial charge in [0.25, 0.3) is 0 Å². The summed E-state index contributed by atoms with van der Waals surface area (Å²) in [6.45, 7) is 8.74. The van der Waals surface area contributed by atoms with Gasteiger partial charge in [-0.3, -0.25) is 0 Å². The molecule has 1 fully saturated rings. The third-order valence-electron chi connectivity index (χ3n) is 3.37. The molecule has 1 rings (SSSR count). The number of hydrogen-bond acceptors (Lipinski definition) is 1. The number of rotatable bonds is 4. The topological polar surface area (TPSA) is 20.2 Å². The lowest BCUT2D eigenvalue weighted by molar-refractivity contribution is 0.00376. The van der Waals surface area contributed by atoms with E-state index in [-0.39, 0.29) is 0 Å². The molecule has 14 heavy (non-hydrogen) atoms. The Bertz CT molecular complexity index is 172. The van der Waals surface area contributed by atoms with E-state index in [2.05, 4.69) is 20.8 Å². The molecular weight excluding hydrogens is 172 g/mol. The lowest BCUT2D eigenvalue weighted by Crippen LogP contribution is -2.31. The van der Waals surface area contributed by atoms with Gasteiger partial charge in [0.1, 0.15) is 0 Å². The lowest BCUT2D eigenvalue weighted by atomic mass is 9.75. The molecule has 1 unspecified atom stereocenters. The van der Waals surface area contributed by atoms with Gasteiger partial charge >= 0.3 is 0 Å². The van der Waals surface area contributed by atoms with Gasteiger partial charge in [0.05, 0.1) is 5.60 Å². The maximum Gasteiger partial charge on any atom is 0.0622 e. The van der Waals surface area contributed by atoms with E-state index in [1.54, 1.807) is 0 Å². The summed E-state index contributed by atoms with van der Waals surface area (Å²) in [5.41, 5.74) is -0.0675. The second kappa shape index (κ2) is 4.22. The summed E-state index contributed by atoms with van der Waals surface area (Å²) in [7, 11) is 0. The Balaban J connectivity index is 2.25. The zero-order valence-corrected chi connectivity index (χ0v) is 10.3. The van der Waals surface area contributed by atoms with Crippen LogP contribution in [0.15, 0.2) is 0 Å². The molecule has 1 aliphatic rings. The Labute approximate surface area is 88.9 Å². The number of hydrogen-bond donors (Lipinski definition) is 1. The third-order valence-corrected chi connectivity index (χ3v) is 3.37. The second-order valence-corrected chi connectivity index (χ2v) is 6.56. The molecule has 0 spiro atoms. The molecule has 1 heteroatoms. The van der Waals surface area contributed by atoms with E-state index < -0.39 is 5.60 Å². The van der Waals surface area contributed by atoms with Crippen LogP contribution in [0.1, 0.15) is 66.2 Å². The molecule has 0 aliphatic heterocycles. The summed E-state index contributed by atoms with van der Waals surface area (Å²) >= 11 is 0. The summed E-state index contributed by atoms with van der Waals surface area (Å²) in [6.07, 6.45) is 7.14. The van der Waals surface area contributed by atoms with E-state index in [1.807, 2.05) is 6.92 Å². The predicted octanol–water partition coefficient (Wildman–Crippen LogP) is 3.75. The van der Waals surface area contributed by atoms with Gasteiger partial charge in [-0.2, -0.15) is 0 Å². The van der Waals surface area contributed by atoms with Crippen LogP contribution in [-0.4, -0.2) is 10.7 Å². The van der Waals surface area contributed by atoms with Gasteiger partial charge in [-0.15, -0.1) is 0 Å². The van der Waals surface area contributed by atoms with Crippen LogP contribution in [0.3, 0.4) is 0 Å². The van der Waals surface area contributed by atoms with E-state index in [1.165, 1.54) is 19.3 Å². The highest BCUT2D eigenvalue weighted by Crippen LogP contribution is 2.36. The van der Waals surface area contributed by atoms with E-state index in [0.29, 0.717) is 5.41 Å². The highest BCUT2D eigenvalue weighted by molar-refractivity contribution is 4.82. The van der Waals surface area contributed by atoms with Crippen molar-refractivity contribution in [3.05, 3.63) is 0 Å². The molecule has 1 N–H and O–H groups in total. The van der Waals surface area contributed by atoms with Crippen LogP contribution in [0, 0.1) is 11.3 Å². The summed E-state index contributed by atoms with van der Waals surface area (Å²) in [6, 6.07) is 0. The molecule has 0 aromatic heterocycles. The first-order valence-corrected chi connectivity index (χ1v) is 6.01. The molecule has 0 radical (unpaired) electrons. The Morgan fingerprint density at radius 3 is 2.00 bits per heavy atom. The van der Waals surface area contributed by atoms with E-state index in [9.17, 15) is 5.11 Å². The number of aliphatic hydroxyl groups is 1. The van der Waals surface area contributed by atoms with Crippen LogP contribution in [-0.2, 0) is 0 Å². The van der Waals surface area contributed by atoms with Crippen molar-refractivity contribution < 1.29 is 5.11 Å². The second-order valence-electron chi connectivity index (χ2n) is 6.56. The SMILES string of the molecule is CC(C)(C)CCC(C)(O)CC1CCC1. The standard InChI is InChI=1S/C13H26O/c1-12(2,3)8-9-13(4,14)10-11-6-5-7-11/h11,14H,5-10H2,1-4H3. The van der Waals surface area contributed by atoms with Crippen LogP contribution in [0.25, 0.3) is 0 Å². The van der Waals surface area contributed by atoms with E-state index in [0.717, 1.165) is 25.2 Å². The summed E-state index contributed by atoms with van der Waals surface area (Å²) in [5, 5.41) is 10.2. The smallest absolute Gasteiger partial charge is 0.0622 e. The van der Waals surface area contributed by atoms with Crippen molar-refractivity contribution in [2.24, 2.45) is 11.3 Å². The fraction of sp³-hybridized carbons (Fsp3) is 1.00. The molecule has 0 saturated heterocycles. The first-order valence-electron chi connectivity index (χ1n) is 6.01. The molecule has 1 nitrogen and oxygen atoms in total. The van der Waals surface area contributed by atoms with Crippen LogP contribution < -0.4 is 0 Å². The third kappa shape index (κ3) is 4.45. The monoisotopic (exact) mass is 198 g/mol. The largest absolute Gasteiger partial charge is 0.390 e. The van der Waals surface area contributed by atoms with Gasteiger partial charge in [0.2, 0.25) is 0 Å². The van der Waals surface area contributed by atoms with E-state index >= 15 is 0 Å². The van der Waals surface area contributed by atoms with Gasteiger partial charge < -0.3 is 5.11 Å². The fourth-order valence-electron chi connectivity index (χ4n) is 2.07. The Kier molecular flexibility index (Phi) is 3.63. The van der Waals surface area contributed by atoms with Crippen LogP contribution >= 0.6 is 0 Å². The summed E-state index contributed by atoms with van der Waals surface area (Å²) in [4.78, 5) is 0. The van der Waals surface area contributed by atoms with Crippen molar-refractivity contribution >= 4 is 0 Å².